The maximum atomic E-state index is 12.5. The average Bonchev–Trinajstić information content (AvgIpc) is 3.06. The van der Waals surface area contributed by atoms with Gasteiger partial charge in [-0.3, -0.25) is 4.57 Å². The highest BCUT2D eigenvalue weighted by Gasteiger charge is 2.57. The molecule has 3 rings (SSSR count). The summed E-state index contributed by atoms with van der Waals surface area (Å²) in [4.78, 5) is 11.2. The van der Waals surface area contributed by atoms with Crippen LogP contribution in [-0.2, 0) is 4.74 Å². The van der Waals surface area contributed by atoms with Crippen LogP contribution in [0.25, 0.3) is 11.2 Å². The van der Waals surface area contributed by atoms with Crippen LogP contribution in [0.5, 0.6) is 0 Å². The predicted octanol–water partition coefficient (Wildman–Crippen LogP) is 0.140. The first-order valence-electron chi connectivity index (χ1n) is 7.53. The number of nitrogens with one attached hydrogen (secondary N) is 1. The largest absolute Gasteiger partial charge is 0.391 e. The Labute approximate surface area is 147 Å². The van der Waals surface area contributed by atoms with Gasteiger partial charge in [-0.2, -0.15) is 0 Å². The Hall–Kier alpha value is -1.90. The first kappa shape index (κ1) is 17.9. The van der Waals surface area contributed by atoms with Crippen molar-refractivity contribution < 1.29 is 24.4 Å². The minimum absolute atomic E-state index is 0.258. The third-order valence-corrected chi connectivity index (χ3v) is 4.36. The number of alkyl halides is 1. The van der Waals surface area contributed by atoms with Crippen LogP contribution in [0.3, 0.4) is 0 Å². The molecule has 0 bridgehead atoms. The number of nitrogens with zero attached hydrogens (tertiary/aromatic N) is 3. The van der Waals surface area contributed by atoms with Gasteiger partial charge in [0.05, 0.1) is 12.4 Å². The summed E-state index contributed by atoms with van der Waals surface area (Å²) in [6.45, 7) is 2.11. The molecule has 0 aliphatic carbocycles. The van der Waals surface area contributed by atoms with Crippen molar-refractivity contribution in [3.05, 3.63) is 16.8 Å². The van der Waals surface area contributed by atoms with Crippen molar-refractivity contribution in [2.75, 3.05) is 6.67 Å². The lowest BCUT2D eigenvalue weighted by molar-refractivity contribution is -0.0847. The van der Waals surface area contributed by atoms with Gasteiger partial charge in [0, 0.05) is 0 Å². The minimum atomic E-state index is -2.14. The van der Waals surface area contributed by atoms with Crippen molar-refractivity contribution in [2.24, 2.45) is 0 Å². The first-order valence-corrected chi connectivity index (χ1v) is 7.93. The number of H-pyrrole nitrogens is 1. The van der Waals surface area contributed by atoms with Gasteiger partial charge in [-0.15, -0.1) is 0 Å². The highest BCUT2D eigenvalue weighted by molar-refractivity contribution is 7.71. The molecule has 0 saturated carbocycles. The molecule has 8 nitrogen and oxygen atoms in total. The topological polar surface area (TPSA) is 116 Å². The summed E-state index contributed by atoms with van der Waals surface area (Å²) in [6.07, 6.45) is -3.65. The van der Waals surface area contributed by atoms with Gasteiger partial charge in [0.15, 0.2) is 16.5 Å². The summed E-state index contributed by atoms with van der Waals surface area (Å²) >= 11 is 5.17. The molecule has 5 atom stereocenters. The van der Waals surface area contributed by atoms with E-state index in [4.69, 9.17) is 17.0 Å². The van der Waals surface area contributed by atoms with Crippen LogP contribution in [0, 0.1) is 23.4 Å². The van der Waals surface area contributed by atoms with E-state index < -0.39 is 36.8 Å². The Balaban J connectivity index is 2.18. The van der Waals surface area contributed by atoms with Crippen molar-refractivity contribution in [1.82, 2.24) is 19.5 Å². The number of hydrogen-bond acceptors (Lipinski definition) is 7. The lowest BCUT2D eigenvalue weighted by atomic mass is 9.93. The zero-order chi connectivity index (χ0) is 18.4. The molecule has 2 aromatic heterocycles. The van der Waals surface area contributed by atoms with Gasteiger partial charge in [-0.05, 0) is 13.8 Å². The number of aryl methyl sites for hydroxylation is 1. The molecule has 0 aromatic carbocycles. The van der Waals surface area contributed by atoms with E-state index in [0.717, 1.165) is 0 Å². The fourth-order valence-electron chi connectivity index (χ4n) is 2.91. The molecule has 134 valence electrons. The van der Waals surface area contributed by atoms with Crippen LogP contribution in [0.2, 0.25) is 0 Å². The molecule has 0 spiro atoms. The standard InChI is InChI=1S/C15H17FN4O4S/c1-7(21)10-11(22)15(23,4-3-5-16)14(24-10)20-6-17-9-12(20)18-8(2)19-13(9)25/h6-7,10-11,14,21-23H,5H2,1-2H3,(H,18,19,25)/t7-,10-,11+,14-,15?/m1/s1. The fourth-order valence-corrected chi connectivity index (χ4v) is 3.20. The van der Waals surface area contributed by atoms with E-state index in [1.54, 1.807) is 6.92 Å². The van der Waals surface area contributed by atoms with Crippen molar-refractivity contribution in [3.8, 4) is 11.8 Å². The smallest absolute Gasteiger partial charge is 0.199 e. The Morgan fingerprint density at radius 1 is 1.60 bits per heavy atom. The van der Waals surface area contributed by atoms with Crippen molar-refractivity contribution in [2.45, 2.75) is 44.0 Å². The van der Waals surface area contributed by atoms with Crippen LogP contribution in [-0.4, -0.2) is 65.4 Å². The number of aromatic nitrogens is 4. The molecule has 3 heterocycles. The Morgan fingerprint density at radius 3 is 2.96 bits per heavy atom. The maximum Gasteiger partial charge on any atom is 0.199 e. The van der Waals surface area contributed by atoms with Gasteiger partial charge in [0.2, 0.25) is 0 Å². The molecular formula is C15H17FN4O4S. The third-order valence-electron chi connectivity index (χ3n) is 4.07. The van der Waals surface area contributed by atoms with E-state index in [9.17, 15) is 19.7 Å². The number of rotatable bonds is 2. The summed E-state index contributed by atoms with van der Waals surface area (Å²) in [5, 5.41) is 31.1. The predicted molar refractivity (Wildman–Crippen MR) is 87.7 cm³/mol. The van der Waals surface area contributed by atoms with Gasteiger partial charge in [0.25, 0.3) is 0 Å². The highest BCUT2D eigenvalue weighted by Crippen LogP contribution is 2.40. The summed E-state index contributed by atoms with van der Waals surface area (Å²) < 4.78 is 19.8. The third kappa shape index (κ3) is 2.84. The number of fused-ring (bicyclic) bond motifs is 1. The van der Waals surface area contributed by atoms with Crippen LogP contribution in [0.4, 0.5) is 4.39 Å². The molecule has 0 amide bonds. The molecule has 4 N–H and O–H groups in total. The van der Waals surface area contributed by atoms with E-state index >= 15 is 0 Å². The lowest BCUT2D eigenvalue weighted by Crippen LogP contribution is -2.47. The Morgan fingerprint density at radius 2 is 2.32 bits per heavy atom. The molecule has 1 saturated heterocycles. The fraction of sp³-hybridized carbons (Fsp3) is 0.533. The molecule has 1 unspecified atom stereocenters. The number of imidazole rings is 1. The number of aliphatic hydroxyl groups is 3. The number of halogens is 1. The average molecular weight is 368 g/mol. The van der Waals surface area contributed by atoms with Gasteiger partial charge in [0.1, 0.15) is 35.9 Å². The number of ether oxygens (including phenoxy) is 1. The summed E-state index contributed by atoms with van der Waals surface area (Å²) in [6, 6.07) is 0. The minimum Gasteiger partial charge on any atom is -0.391 e. The van der Waals surface area contributed by atoms with Crippen molar-refractivity contribution in [1.29, 1.82) is 0 Å². The van der Waals surface area contributed by atoms with E-state index in [-0.39, 0.29) is 4.64 Å². The normalized spacial score (nSPS) is 30.2. The molecule has 1 aliphatic heterocycles. The van der Waals surface area contributed by atoms with Crippen LogP contribution in [0.15, 0.2) is 6.33 Å². The number of hydrogen-bond donors (Lipinski definition) is 4. The molecule has 1 aliphatic rings. The van der Waals surface area contributed by atoms with E-state index in [0.29, 0.717) is 17.0 Å². The lowest BCUT2D eigenvalue weighted by Gasteiger charge is -2.26. The van der Waals surface area contributed by atoms with Gasteiger partial charge >= 0.3 is 0 Å². The molecule has 25 heavy (non-hydrogen) atoms. The maximum absolute atomic E-state index is 12.5. The van der Waals surface area contributed by atoms with Crippen LogP contribution < -0.4 is 0 Å². The molecule has 10 heteroatoms. The van der Waals surface area contributed by atoms with Crippen LogP contribution in [0.1, 0.15) is 19.0 Å². The van der Waals surface area contributed by atoms with E-state index in [1.165, 1.54) is 17.8 Å². The second kappa shape index (κ2) is 6.44. The number of aromatic amines is 1. The van der Waals surface area contributed by atoms with E-state index in [1.807, 2.05) is 0 Å². The Kier molecular flexibility index (Phi) is 4.61. The zero-order valence-electron chi connectivity index (χ0n) is 13.5. The summed E-state index contributed by atoms with van der Waals surface area (Å²) in [5.74, 6) is 4.95. The zero-order valence-corrected chi connectivity index (χ0v) is 14.3. The highest BCUT2D eigenvalue weighted by atomic mass is 32.1. The van der Waals surface area contributed by atoms with E-state index in [2.05, 4.69) is 26.8 Å². The van der Waals surface area contributed by atoms with Crippen molar-refractivity contribution in [3.63, 3.8) is 0 Å². The van der Waals surface area contributed by atoms with Crippen molar-refractivity contribution >= 4 is 23.4 Å². The second-order valence-electron chi connectivity index (χ2n) is 5.88. The first-order chi connectivity index (χ1) is 11.8. The molecule has 0 radical (unpaired) electrons. The summed E-state index contributed by atoms with van der Waals surface area (Å²) in [7, 11) is 0. The SMILES string of the molecule is Cc1nc(=S)c2ncn([C@@H]3O[C@H]([C@@H](C)O)[C@H](O)C3(O)C#CCF)c2[nH]1. The van der Waals surface area contributed by atoms with Gasteiger partial charge in [-0.1, -0.05) is 24.1 Å². The molecular weight excluding hydrogens is 351 g/mol. The summed E-state index contributed by atoms with van der Waals surface area (Å²) in [5.41, 5.74) is -1.37. The second-order valence-corrected chi connectivity index (χ2v) is 6.26. The molecule has 2 aromatic rings. The number of aliphatic hydroxyl groups excluding tert-OH is 2. The quantitative estimate of drug-likeness (QED) is 0.440. The van der Waals surface area contributed by atoms with Crippen LogP contribution >= 0.6 is 12.2 Å². The molecule has 1 fully saturated rings. The van der Waals surface area contributed by atoms with Gasteiger partial charge in [-0.25, -0.2) is 14.4 Å². The van der Waals surface area contributed by atoms with Gasteiger partial charge < -0.3 is 25.0 Å². The Bertz CT molecular complexity index is 918. The monoisotopic (exact) mass is 368 g/mol.